The zero-order valence-corrected chi connectivity index (χ0v) is 21.8. The fourth-order valence-electron chi connectivity index (χ4n) is 4.22. The number of carbonyl (C=O) groups excluding carboxylic acids is 2. The van der Waals surface area contributed by atoms with Crippen LogP contribution >= 0.6 is 12.2 Å². The molecule has 0 radical (unpaired) electrons. The lowest BCUT2D eigenvalue weighted by atomic mass is 10.1. The van der Waals surface area contributed by atoms with Crippen LogP contribution in [-0.4, -0.2) is 54.1 Å². The van der Waals surface area contributed by atoms with Crippen LogP contribution in [0.25, 0.3) is 0 Å². The normalized spacial score (nSPS) is 15.1. The third-order valence-corrected chi connectivity index (χ3v) is 6.60. The van der Waals surface area contributed by atoms with E-state index in [0.717, 1.165) is 11.1 Å². The molecule has 0 saturated carbocycles. The molecule has 0 aliphatic carbocycles. The maximum atomic E-state index is 13.6. The van der Waals surface area contributed by atoms with E-state index in [2.05, 4.69) is 5.32 Å². The minimum Gasteiger partial charge on any atom is -0.497 e. The second kappa shape index (κ2) is 11.7. The van der Waals surface area contributed by atoms with Crippen LogP contribution in [0.2, 0.25) is 0 Å². The topological polar surface area (TPSA) is 80.3 Å². The number of ether oxygens (including phenoxy) is 3. The first kappa shape index (κ1) is 26.0. The molecule has 0 unspecified atom stereocenters. The van der Waals surface area contributed by atoms with E-state index in [1.807, 2.05) is 48.5 Å². The number of nitrogens with zero attached hydrogens (tertiary/aromatic N) is 2. The average molecular weight is 520 g/mol. The monoisotopic (exact) mass is 519 g/mol. The van der Waals surface area contributed by atoms with Crippen molar-refractivity contribution in [3.63, 3.8) is 0 Å². The molecular formula is C28H29N3O5S. The van der Waals surface area contributed by atoms with Gasteiger partial charge in [0, 0.05) is 12.2 Å². The first-order valence-electron chi connectivity index (χ1n) is 11.7. The number of amides is 2. The van der Waals surface area contributed by atoms with Crippen LogP contribution in [0.1, 0.15) is 17.5 Å². The van der Waals surface area contributed by atoms with Crippen LogP contribution in [0.4, 0.5) is 5.69 Å². The Balaban J connectivity index is 1.57. The van der Waals surface area contributed by atoms with Gasteiger partial charge < -0.3 is 24.4 Å². The van der Waals surface area contributed by atoms with Gasteiger partial charge in [-0.25, -0.2) is 0 Å². The Labute approximate surface area is 221 Å². The molecule has 4 rings (SSSR count). The lowest BCUT2D eigenvalue weighted by Crippen LogP contribution is -2.37. The molecule has 1 atom stereocenters. The molecular weight excluding hydrogens is 490 g/mol. The van der Waals surface area contributed by atoms with Crippen LogP contribution in [0.15, 0.2) is 72.8 Å². The van der Waals surface area contributed by atoms with Crippen molar-refractivity contribution in [2.24, 2.45) is 0 Å². The number of methoxy groups -OCH3 is 3. The van der Waals surface area contributed by atoms with Gasteiger partial charge in [-0.05, 0) is 59.7 Å². The van der Waals surface area contributed by atoms with Crippen LogP contribution in [0.5, 0.6) is 17.2 Å². The molecule has 1 aliphatic heterocycles. The number of benzene rings is 3. The zero-order valence-electron chi connectivity index (χ0n) is 21.0. The van der Waals surface area contributed by atoms with Gasteiger partial charge in [0.1, 0.15) is 11.8 Å². The van der Waals surface area contributed by atoms with Crippen molar-refractivity contribution in [1.29, 1.82) is 0 Å². The molecule has 1 fully saturated rings. The summed E-state index contributed by atoms with van der Waals surface area (Å²) in [5, 5.41) is 3.25. The molecule has 1 N–H and O–H groups in total. The molecule has 3 aromatic carbocycles. The molecule has 2 amide bonds. The van der Waals surface area contributed by atoms with Gasteiger partial charge in [0.15, 0.2) is 16.6 Å². The second-order valence-corrected chi connectivity index (χ2v) is 8.87. The van der Waals surface area contributed by atoms with Gasteiger partial charge in [-0.1, -0.05) is 36.4 Å². The van der Waals surface area contributed by atoms with E-state index in [0.29, 0.717) is 41.1 Å². The average Bonchev–Trinajstić information content (AvgIpc) is 3.13. The van der Waals surface area contributed by atoms with Crippen molar-refractivity contribution < 1.29 is 23.8 Å². The van der Waals surface area contributed by atoms with E-state index < -0.39 is 6.04 Å². The van der Waals surface area contributed by atoms with E-state index in [-0.39, 0.29) is 18.2 Å². The van der Waals surface area contributed by atoms with E-state index >= 15 is 0 Å². The first-order chi connectivity index (χ1) is 17.9. The van der Waals surface area contributed by atoms with Gasteiger partial charge in [0.2, 0.25) is 5.91 Å². The molecule has 9 heteroatoms. The van der Waals surface area contributed by atoms with E-state index in [1.165, 1.54) is 0 Å². The molecule has 0 bridgehead atoms. The van der Waals surface area contributed by atoms with Gasteiger partial charge in [-0.15, -0.1) is 0 Å². The summed E-state index contributed by atoms with van der Waals surface area (Å²) in [6.07, 6.45) is -0.0520. The molecule has 1 aliphatic rings. The lowest BCUT2D eigenvalue weighted by molar-refractivity contribution is -0.131. The molecule has 37 heavy (non-hydrogen) atoms. The number of hydrogen-bond donors (Lipinski definition) is 1. The van der Waals surface area contributed by atoms with Gasteiger partial charge >= 0.3 is 0 Å². The highest BCUT2D eigenvalue weighted by molar-refractivity contribution is 7.80. The van der Waals surface area contributed by atoms with E-state index in [1.54, 1.807) is 55.4 Å². The highest BCUT2D eigenvalue weighted by Gasteiger charge is 2.43. The van der Waals surface area contributed by atoms with Crippen LogP contribution in [0, 0.1) is 0 Å². The van der Waals surface area contributed by atoms with Crippen LogP contribution < -0.4 is 19.5 Å². The predicted octanol–water partition coefficient (Wildman–Crippen LogP) is 4.24. The second-order valence-electron chi connectivity index (χ2n) is 8.51. The molecule has 1 heterocycles. The minimum absolute atomic E-state index is 0.0520. The Hall–Kier alpha value is -4.11. The molecule has 192 valence electrons. The third-order valence-electron chi connectivity index (χ3n) is 6.14. The molecule has 8 nitrogen and oxygen atoms in total. The summed E-state index contributed by atoms with van der Waals surface area (Å²) in [4.78, 5) is 29.9. The fourth-order valence-corrected chi connectivity index (χ4v) is 4.57. The molecule has 3 aromatic rings. The van der Waals surface area contributed by atoms with Crippen molar-refractivity contribution in [3.05, 3.63) is 83.9 Å². The zero-order chi connectivity index (χ0) is 26.4. The minimum atomic E-state index is -0.748. The number of nitrogens with one attached hydrogen (secondary N) is 1. The summed E-state index contributed by atoms with van der Waals surface area (Å²) >= 11 is 5.76. The standard InChI is InChI=1S/C28H29N3O5S/c1-34-22-12-10-21(11-13-22)29-26(32)16-23-27(33)31(17-19-7-5-4-6-8-19)28(37)30(23)18-20-9-14-24(35-2)25(15-20)36-3/h4-15,23H,16-18H2,1-3H3,(H,29,32)/t23-/m0/s1. The quantitative estimate of drug-likeness (QED) is 0.402. The van der Waals surface area contributed by atoms with E-state index in [9.17, 15) is 9.59 Å². The third kappa shape index (κ3) is 6.00. The van der Waals surface area contributed by atoms with Crippen molar-refractivity contribution in [2.75, 3.05) is 26.6 Å². The van der Waals surface area contributed by atoms with Crippen LogP contribution in [-0.2, 0) is 22.7 Å². The summed E-state index contributed by atoms with van der Waals surface area (Å²) in [5.41, 5.74) is 2.44. The van der Waals surface area contributed by atoms with Gasteiger partial charge in [-0.2, -0.15) is 0 Å². The Morgan fingerprint density at radius 3 is 2.22 bits per heavy atom. The SMILES string of the molecule is COc1ccc(NC(=O)C[C@H]2C(=O)N(Cc3ccccc3)C(=S)N2Cc2ccc(OC)c(OC)c2)cc1. The van der Waals surface area contributed by atoms with E-state index in [4.69, 9.17) is 26.4 Å². The van der Waals surface area contributed by atoms with Gasteiger partial charge in [0.25, 0.3) is 5.91 Å². The smallest absolute Gasteiger partial charge is 0.252 e. The maximum Gasteiger partial charge on any atom is 0.252 e. The fraction of sp³-hybridized carbons (Fsp3) is 0.250. The first-order valence-corrected chi connectivity index (χ1v) is 12.1. The Kier molecular flexibility index (Phi) is 8.25. The van der Waals surface area contributed by atoms with Crippen molar-refractivity contribution >= 4 is 34.8 Å². The summed E-state index contributed by atoms with van der Waals surface area (Å²) in [6.45, 7) is 0.661. The Morgan fingerprint density at radius 1 is 0.865 bits per heavy atom. The largest absolute Gasteiger partial charge is 0.497 e. The summed E-state index contributed by atoms with van der Waals surface area (Å²) in [5.74, 6) is 1.37. The maximum absolute atomic E-state index is 13.6. The number of thiocarbonyl (C=S) groups is 1. The summed E-state index contributed by atoms with van der Waals surface area (Å²) in [6, 6.07) is 21.5. The number of anilines is 1. The number of rotatable bonds is 10. The Bertz CT molecular complexity index is 1270. The highest BCUT2D eigenvalue weighted by atomic mass is 32.1. The summed E-state index contributed by atoms with van der Waals surface area (Å²) < 4.78 is 15.9. The Morgan fingerprint density at radius 2 is 1.57 bits per heavy atom. The number of hydrogen-bond acceptors (Lipinski definition) is 6. The van der Waals surface area contributed by atoms with Crippen molar-refractivity contribution in [3.8, 4) is 17.2 Å². The van der Waals surface area contributed by atoms with Gasteiger partial charge in [0.05, 0.1) is 34.3 Å². The predicted molar refractivity (Wildman–Crippen MR) is 145 cm³/mol. The highest BCUT2D eigenvalue weighted by Crippen LogP contribution is 2.31. The number of carbonyl (C=O) groups is 2. The van der Waals surface area contributed by atoms with Crippen molar-refractivity contribution in [2.45, 2.75) is 25.6 Å². The molecule has 0 aromatic heterocycles. The molecule has 0 spiro atoms. The lowest BCUT2D eigenvalue weighted by Gasteiger charge is -2.24. The van der Waals surface area contributed by atoms with Crippen LogP contribution in [0.3, 0.4) is 0 Å². The summed E-state index contributed by atoms with van der Waals surface area (Å²) in [7, 11) is 4.72. The molecule has 1 saturated heterocycles. The van der Waals surface area contributed by atoms with Crippen molar-refractivity contribution in [1.82, 2.24) is 9.80 Å². The van der Waals surface area contributed by atoms with Gasteiger partial charge in [-0.3, -0.25) is 14.5 Å².